The fraction of sp³-hybridized carbons (Fsp3) is 0.286. The number of rotatable bonds is 3. The molecule has 0 aliphatic heterocycles. The number of thioether (sulfide) groups is 1. The monoisotopic (exact) mass is 234 g/mol. The van der Waals surface area contributed by atoms with Crippen LogP contribution >= 0.6 is 23.4 Å². The third-order valence-electron chi connectivity index (χ3n) is 1.38. The number of ether oxygens (including phenoxy) is 1. The van der Waals surface area contributed by atoms with Crippen molar-refractivity contribution < 1.29 is 14.6 Å². The Balaban J connectivity index is 3.34. The minimum absolute atomic E-state index is 0.0726. The van der Waals surface area contributed by atoms with E-state index in [9.17, 15) is 4.79 Å². The molecular weight excluding hydrogens is 228 g/mol. The lowest BCUT2D eigenvalue weighted by atomic mass is 10.4. The van der Waals surface area contributed by atoms with Crippen LogP contribution in [0.25, 0.3) is 0 Å². The summed E-state index contributed by atoms with van der Waals surface area (Å²) in [5.41, 5.74) is -0.247. The second-order valence-electron chi connectivity index (χ2n) is 2.19. The van der Waals surface area contributed by atoms with Crippen LogP contribution in [0, 0.1) is 0 Å². The van der Waals surface area contributed by atoms with Crippen molar-refractivity contribution in [2.45, 2.75) is 5.16 Å². The molecule has 7 heteroatoms. The highest BCUT2D eigenvalue weighted by molar-refractivity contribution is 7.98. The number of carboxylic acids is 1. The Kier molecular flexibility index (Phi) is 3.54. The molecule has 0 fully saturated rings. The normalized spacial score (nSPS) is 9.93. The van der Waals surface area contributed by atoms with Crippen molar-refractivity contribution in [3.8, 4) is 5.88 Å². The summed E-state index contributed by atoms with van der Waals surface area (Å²) < 4.78 is 4.82. The van der Waals surface area contributed by atoms with E-state index in [4.69, 9.17) is 21.4 Å². The van der Waals surface area contributed by atoms with E-state index in [-0.39, 0.29) is 16.6 Å². The molecule has 0 spiro atoms. The lowest BCUT2D eigenvalue weighted by Crippen LogP contribution is -2.05. The predicted octanol–water partition coefficient (Wildman–Crippen LogP) is 1.56. The maximum atomic E-state index is 10.7. The molecule has 0 aliphatic carbocycles. The molecule has 14 heavy (non-hydrogen) atoms. The Morgan fingerprint density at radius 3 is 2.64 bits per heavy atom. The average molecular weight is 235 g/mol. The van der Waals surface area contributed by atoms with Gasteiger partial charge in [-0.1, -0.05) is 23.4 Å². The molecule has 1 aromatic rings. The number of hydrogen-bond donors (Lipinski definition) is 1. The fourth-order valence-electron chi connectivity index (χ4n) is 0.775. The molecule has 0 unspecified atom stereocenters. The maximum absolute atomic E-state index is 10.7. The Hall–Kier alpha value is -1.01. The van der Waals surface area contributed by atoms with E-state index in [1.807, 2.05) is 0 Å². The van der Waals surface area contributed by atoms with Gasteiger partial charge in [-0.3, -0.25) is 0 Å². The van der Waals surface area contributed by atoms with Gasteiger partial charge in [0.25, 0.3) is 0 Å². The largest absolute Gasteiger partial charge is 0.480 e. The average Bonchev–Trinajstić information content (AvgIpc) is 2.17. The minimum atomic E-state index is -1.20. The predicted molar refractivity (Wildman–Crippen MR) is 52.3 cm³/mol. The summed E-state index contributed by atoms with van der Waals surface area (Å²) in [6.07, 6.45) is 1.73. The molecule has 0 aliphatic rings. The fourth-order valence-corrected chi connectivity index (χ4v) is 1.37. The Morgan fingerprint density at radius 2 is 2.21 bits per heavy atom. The minimum Gasteiger partial charge on any atom is -0.480 e. The van der Waals surface area contributed by atoms with Crippen LogP contribution in [0.1, 0.15) is 10.5 Å². The highest BCUT2D eigenvalue weighted by Gasteiger charge is 2.18. The zero-order chi connectivity index (χ0) is 10.7. The molecule has 1 N–H and O–H groups in total. The summed E-state index contributed by atoms with van der Waals surface area (Å²) in [6, 6.07) is 0. The first-order valence-electron chi connectivity index (χ1n) is 3.49. The molecule has 0 aromatic carbocycles. The van der Waals surface area contributed by atoms with Crippen molar-refractivity contribution >= 4 is 29.3 Å². The van der Waals surface area contributed by atoms with Crippen LogP contribution < -0.4 is 4.74 Å². The highest BCUT2D eigenvalue weighted by atomic mass is 35.5. The maximum Gasteiger partial charge on any atom is 0.356 e. The van der Waals surface area contributed by atoms with Gasteiger partial charge in [0.1, 0.15) is 5.02 Å². The quantitative estimate of drug-likeness (QED) is 0.632. The summed E-state index contributed by atoms with van der Waals surface area (Å²) in [5.74, 6) is -1.13. The molecule has 0 radical (unpaired) electrons. The molecule has 1 aromatic heterocycles. The number of carbonyl (C=O) groups is 1. The Morgan fingerprint density at radius 1 is 1.57 bits per heavy atom. The van der Waals surface area contributed by atoms with Gasteiger partial charge in [-0.2, -0.15) is 4.98 Å². The first-order valence-corrected chi connectivity index (χ1v) is 5.09. The molecule has 1 heterocycles. The third kappa shape index (κ3) is 2.08. The van der Waals surface area contributed by atoms with E-state index in [1.165, 1.54) is 18.9 Å². The molecule has 0 saturated heterocycles. The van der Waals surface area contributed by atoms with Crippen molar-refractivity contribution in [1.82, 2.24) is 9.97 Å². The van der Waals surface area contributed by atoms with Crippen molar-refractivity contribution in [1.29, 1.82) is 0 Å². The molecule has 0 amide bonds. The molecule has 0 atom stereocenters. The summed E-state index contributed by atoms with van der Waals surface area (Å²) >= 11 is 6.91. The van der Waals surface area contributed by atoms with Gasteiger partial charge in [0.05, 0.1) is 7.11 Å². The van der Waals surface area contributed by atoms with E-state index in [0.717, 1.165) is 0 Å². The zero-order valence-electron chi connectivity index (χ0n) is 7.44. The lowest BCUT2D eigenvalue weighted by molar-refractivity contribution is 0.0689. The zero-order valence-corrected chi connectivity index (χ0v) is 9.02. The summed E-state index contributed by atoms with van der Waals surface area (Å²) in [6.45, 7) is 0. The molecule has 0 bridgehead atoms. The molecule has 0 saturated carbocycles. The van der Waals surface area contributed by atoms with E-state index < -0.39 is 5.97 Å². The molecular formula is C7H7ClN2O3S. The number of nitrogens with zero attached hydrogens (tertiary/aromatic N) is 2. The number of hydrogen-bond acceptors (Lipinski definition) is 5. The standard InChI is InChI=1S/C7H7ClN2O3S/c1-13-5-3(8)4(6(11)12)9-7(10-5)14-2/h1-2H3,(H,11,12). The summed E-state index contributed by atoms with van der Waals surface area (Å²) in [7, 11) is 1.37. The van der Waals surface area contributed by atoms with Crippen LogP contribution in [0.5, 0.6) is 5.88 Å². The smallest absolute Gasteiger partial charge is 0.356 e. The van der Waals surface area contributed by atoms with Crippen molar-refractivity contribution in [2.75, 3.05) is 13.4 Å². The lowest BCUT2D eigenvalue weighted by Gasteiger charge is -2.05. The highest BCUT2D eigenvalue weighted by Crippen LogP contribution is 2.26. The van der Waals surface area contributed by atoms with E-state index in [2.05, 4.69) is 9.97 Å². The SMILES string of the molecule is COc1nc(SC)nc(C(=O)O)c1Cl. The van der Waals surface area contributed by atoms with Crippen molar-refractivity contribution in [3.05, 3.63) is 10.7 Å². The second kappa shape index (κ2) is 4.47. The van der Waals surface area contributed by atoms with Crippen LogP contribution in [0.3, 0.4) is 0 Å². The molecule has 76 valence electrons. The van der Waals surface area contributed by atoms with E-state index >= 15 is 0 Å². The van der Waals surface area contributed by atoms with Crippen LogP contribution in [-0.4, -0.2) is 34.4 Å². The van der Waals surface area contributed by atoms with Crippen LogP contribution in [0.2, 0.25) is 5.02 Å². The first kappa shape index (κ1) is 11.1. The second-order valence-corrected chi connectivity index (χ2v) is 3.34. The topological polar surface area (TPSA) is 72.3 Å². The molecule has 1 rings (SSSR count). The van der Waals surface area contributed by atoms with Crippen LogP contribution in [0.4, 0.5) is 0 Å². The van der Waals surface area contributed by atoms with Gasteiger partial charge in [0, 0.05) is 0 Å². The van der Waals surface area contributed by atoms with Gasteiger partial charge in [0.15, 0.2) is 10.9 Å². The third-order valence-corrected chi connectivity index (χ3v) is 2.27. The van der Waals surface area contributed by atoms with Gasteiger partial charge in [-0.05, 0) is 6.26 Å². The van der Waals surface area contributed by atoms with Gasteiger partial charge in [-0.15, -0.1) is 0 Å². The number of methoxy groups -OCH3 is 1. The van der Waals surface area contributed by atoms with Crippen molar-refractivity contribution in [3.63, 3.8) is 0 Å². The Bertz CT molecular complexity index is 372. The Labute approximate surface area is 89.5 Å². The number of carboxylic acid groups (broad SMARTS) is 1. The summed E-state index contributed by atoms with van der Waals surface area (Å²) in [4.78, 5) is 18.3. The number of halogens is 1. The molecule has 5 nitrogen and oxygen atoms in total. The van der Waals surface area contributed by atoms with Gasteiger partial charge >= 0.3 is 5.97 Å². The number of aromatic nitrogens is 2. The van der Waals surface area contributed by atoms with Crippen LogP contribution in [-0.2, 0) is 0 Å². The van der Waals surface area contributed by atoms with E-state index in [0.29, 0.717) is 5.16 Å². The number of aromatic carboxylic acids is 1. The van der Waals surface area contributed by atoms with Crippen LogP contribution in [0.15, 0.2) is 5.16 Å². The summed E-state index contributed by atoms with van der Waals surface area (Å²) in [5, 5.41) is 8.99. The van der Waals surface area contributed by atoms with Gasteiger partial charge in [-0.25, -0.2) is 9.78 Å². The van der Waals surface area contributed by atoms with Crippen molar-refractivity contribution in [2.24, 2.45) is 0 Å². The van der Waals surface area contributed by atoms with E-state index in [1.54, 1.807) is 6.26 Å². The van der Waals surface area contributed by atoms with Gasteiger partial charge < -0.3 is 9.84 Å². The first-order chi connectivity index (χ1) is 6.60. The van der Waals surface area contributed by atoms with Gasteiger partial charge in [0.2, 0.25) is 5.88 Å².